The van der Waals surface area contributed by atoms with E-state index in [1.165, 1.54) is 0 Å². The molecule has 4 nitrogen and oxygen atoms in total. The van der Waals surface area contributed by atoms with Crippen LogP contribution in [0.3, 0.4) is 0 Å². The summed E-state index contributed by atoms with van der Waals surface area (Å²) in [5.74, 6) is -0.386. The van der Waals surface area contributed by atoms with Crippen molar-refractivity contribution in [3.05, 3.63) is 33.4 Å². The van der Waals surface area contributed by atoms with E-state index in [2.05, 4.69) is 33.2 Å². The van der Waals surface area contributed by atoms with Gasteiger partial charge in [-0.25, -0.2) is 0 Å². The lowest BCUT2D eigenvalue weighted by Crippen LogP contribution is -2.45. The summed E-state index contributed by atoms with van der Waals surface area (Å²) >= 11 is 2.14. The smallest absolute Gasteiger partial charge is 0.251 e. The Labute approximate surface area is 121 Å². The number of amides is 2. The van der Waals surface area contributed by atoms with Crippen molar-refractivity contribution >= 4 is 34.4 Å². The van der Waals surface area contributed by atoms with E-state index in [9.17, 15) is 9.59 Å². The van der Waals surface area contributed by atoms with Gasteiger partial charge in [-0.1, -0.05) is 13.0 Å². The highest BCUT2D eigenvalue weighted by atomic mass is 127. The van der Waals surface area contributed by atoms with Crippen LogP contribution in [0.2, 0.25) is 0 Å². The molecular formula is C13H17IN2O2. The van der Waals surface area contributed by atoms with E-state index in [-0.39, 0.29) is 11.8 Å². The average molecular weight is 360 g/mol. The van der Waals surface area contributed by atoms with Gasteiger partial charge in [-0.05, 0) is 54.1 Å². The zero-order valence-corrected chi connectivity index (χ0v) is 12.7. The first-order valence-electron chi connectivity index (χ1n) is 5.88. The highest BCUT2D eigenvalue weighted by molar-refractivity contribution is 14.1. The second-order valence-corrected chi connectivity index (χ2v) is 5.24. The Bertz CT molecular complexity index is 435. The number of carbonyl (C=O) groups is 2. The molecule has 18 heavy (non-hydrogen) atoms. The lowest BCUT2D eigenvalue weighted by Gasteiger charge is -2.13. The topological polar surface area (TPSA) is 58.2 Å². The van der Waals surface area contributed by atoms with Crippen molar-refractivity contribution in [1.29, 1.82) is 0 Å². The van der Waals surface area contributed by atoms with Crippen LogP contribution in [-0.4, -0.2) is 24.4 Å². The molecule has 0 saturated carbocycles. The summed E-state index contributed by atoms with van der Waals surface area (Å²) in [6, 6.07) is 6.72. The predicted octanol–water partition coefficient (Wildman–Crippen LogP) is 1.94. The van der Waals surface area contributed by atoms with Crippen molar-refractivity contribution in [2.75, 3.05) is 6.54 Å². The van der Waals surface area contributed by atoms with Crippen molar-refractivity contribution in [2.45, 2.75) is 26.3 Å². The number of carbonyl (C=O) groups excluding carboxylic acids is 2. The quantitative estimate of drug-likeness (QED) is 0.789. The molecule has 1 atom stereocenters. The Hall–Kier alpha value is -1.11. The van der Waals surface area contributed by atoms with Crippen LogP contribution in [0.1, 0.15) is 30.6 Å². The summed E-state index contributed by atoms with van der Waals surface area (Å²) in [5, 5.41) is 5.42. The molecule has 0 radical (unpaired) electrons. The zero-order chi connectivity index (χ0) is 13.5. The van der Waals surface area contributed by atoms with Gasteiger partial charge >= 0.3 is 0 Å². The summed E-state index contributed by atoms with van der Waals surface area (Å²) in [5.41, 5.74) is 0.567. The zero-order valence-electron chi connectivity index (χ0n) is 10.5. The van der Waals surface area contributed by atoms with E-state index >= 15 is 0 Å². The third-order valence-electron chi connectivity index (χ3n) is 2.38. The summed E-state index contributed by atoms with van der Waals surface area (Å²) < 4.78 is 0.989. The molecule has 0 aromatic heterocycles. The maximum absolute atomic E-state index is 11.9. The number of benzene rings is 1. The highest BCUT2D eigenvalue weighted by Crippen LogP contribution is 2.07. The third-order valence-corrected chi connectivity index (χ3v) is 3.05. The SMILES string of the molecule is CCCNC(=O)[C@@H](C)NC(=O)c1cccc(I)c1. The van der Waals surface area contributed by atoms with Gasteiger partial charge in [-0.3, -0.25) is 9.59 Å². The molecule has 1 aromatic rings. The largest absolute Gasteiger partial charge is 0.354 e. The van der Waals surface area contributed by atoms with E-state index in [1.807, 2.05) is 19.1 Å². The summed E-state index contributed by atoms with van der Waals surface area (Å²) in [4.78, 5) is 23.5. The lowest BCUT2D eigenvalue weighted by atomic mass is 10.2. The number of hydrogen-bond donors (Lipinski definition) is 2. The second kappa shape index (κ2) is 7.35. The van der Waals surface area contributed by atoms with Gasteiger partial charge in [-0.15, -0.1) is 0 Å². The molecule has 0 aliphatic heterocycles. The molecular weight excluding hydrogens is 343 g/mol. The van der Waals surface area contributed by atoms with Crippen LogP contribution in [0, 0.1) is 3.57 Å². The van der Waals surface area contributed by atoms with Crippen LogP contribution in [0.4, 0.5) is 0 Å². The lowest BCUT2D eigenvalue weighted by molar-refractivity contribution is -0.122. The molecule has 1 rings (SSSR count). The summed E-state index contributed by atoms with van der Waals surface area (Å²) in [7, 11) is 0. The molecule has 2 N–H and O–H groups in total. The van der Waals surface area contributed by atoms with Gasteiger partial charge in [0, 0.05) is 15.7 Å². The first-order valence-corrected chi connectivity index (χ1v) is 6.96. The normalized spacial score (nSPS) is 11.7. The third kappa shape index (κ3) is 4.64. The summed E-state index contributed by atoms with van der Waals surface area (Å²) in [6.07, 6.45) is 0.878. The fourth-order valence-corrected chi connectivity index (χ4v) is 1.92. The molecule has 0 heterocycles. The van der Waals surface area contributed by atoms with E-state index in [0.717, 1.165) is 9.99 Å². The van der Waals surface area contributed by atoms with E-state index in [0.29, 0.717) is 12.1 Å². The Morgan fingerprint density at radius 2 is 2.11 bits per heavy atom. The van der Waals surface area contributed by atoms with E-state index < -0.39 is 6.04 Å². The van der Waals surface area contributed by atoms with Crippen LogP contribution in [0.25, 0.3) is 0 Å². The van der Waals surface area contributed by atoms with E-state index in [1.54, 1.807) is 19.1 Å². The Kier molecular flexibility index (Phi) is 6.11. The molecule has 0 aliphatic carbocycles. The monoisotopic (exact) mass is 360 g/mol. The molecule has 0 aliphatic rings. The number of halogens is 1. The Morgan fingerprint density at radius 3 is 2.72 bits per heavy atom. The Balaban J connectivity index is 2.56. The van der Waals surface area contributed by atoms with Crippen LogP contribution in [0.5, 0.6) is 0 Å². The van der Waals surface area contributed by atoms with Gasteiger partial charge in [-0.2, -0.15) is 0 Å². The minimum Gasteiger partial charge on any atom is -0.354 e. The maximum Gasteiger partial charge on any atom is 0.251 e. The van der Waals surface area contributed by atoms with Crippen LogP contribution in [-0.2, 0) is 4.79 Å². The molecule has 0 bridgehead atoms. The van der Waals surface area contributed by atoms with Crippen molar-refractivity contribution in [1.82, 2.24) is 10.6 Å². The first kappa shape index (κ1) is 14.9. The van der Waals surface area contributed by atoms with Gasteiger partial charge in [0.25, 0.3) is 5.91 Å². The predicted molar refractivity (Wildman–Crippen MR) is 79.4 cm³/mol. The van der Waals surface area contributed by atoms with Crippen molar-refractivity contribution in [3.63, 3.8) is 0 Å². The minimum absolute atomic E-state index is 0.157. The second-order valence-electron chi connectivity index (χ2n) is 4.00. The van der Waals surface area contributed by atoms with Gasteiger partial charge < -0.3 is 10.6 Å². The molecule has 1 aromatic carbocycles. The van der Waals surface area contributed by atoms with Gasteiger partial charge in [0.05, 0.1) is 0 Å². The fourth-order valence-electron chi connectivity index (χ4n) is 1.38. The van der Waals surface area contributed by atoms with Crippen LogP contribution in [0.15, 0.2) is 24.3 Å². The molecule has 5 heteroatoms. The molecule has 0 spiro atoms. The number of rotatable bonds is 5. The van der Waals surface area contributed by atoms with E-state index in [4.69, 9.17) is 0 Å². The fraction of sp³-hybridized carbons (Fsp3) is 0.385. The van der Waals surface area contributed by atoms with Crippen LogP contribution < -0.4 is 10.6 Å². The highest BCUT2D eigenvalue weighted by Gasteiger charge is 2.15. The van der Waals surface area contributed by atoms with Gasteiger partial charge in [0.1, 0.15) is 6.04 Å². The first-order chi connectivity index (χ1) is 8.54. The number of hydrogen-bond acceptors (Lipinski definition) is 2. The molecule has 0 fully saturated rings. The minimum atomic E-state index is -0.526. The summed E-state index contributed by atoms with van der Waals surface area (Å²) in [6.45, 7) is 4.29. The average Bonchev–Trinajstić information content (AvgIpc) is 2.35. The Morgan fingerprint density at radius 1 is 1.39 bits per heavy atom. The van der Waals surface area contributed by atoms with Crippen LogP contribution >= 0.6 is 22.6 Å². The van der Waals surface area contributed by atoms with Crippen molar-refractivity contribution < 1.29 is 9.59 Å². The molecule has 0 saturated heterocycles. The van der Waals surface area contributed by atoms with Crippen molar-refractivity contribution in [3.8, 4) is 0 Å². The maximum atomic E-state index is 11.9. The number of nitrogens with one attached hydrogen (secondary N) is 2. The molecule has 0 unspecified atom stereocenters. The standard InChI is InChI=1S/C13H17IN2O2/c1-3-7-15-12(17)9(2)16-13(18)10-5-4-6-11(14)8-10/h4-6,8-9H,3,7H2,1-2H3,(H,15,17)(H,16,18)/t9-/m1/s1. The van der Waals surface area contributed by atoms with Gasteiger partial charge in [0.2, 0.25) is 5.91 Å². The molecule has 98 valence electrons. The van der Waals surface area contributed by atoms with Crippen molar-refractivity contribution in [2.24, 2.45) is 0 Å². The molecule has 2 amide bonds. The van der Waals surface area contributed by atoms with Gasteiger partial charge in [0.15, 0.2) is 0 Å².